The van der Waals surface area contributed by atoms with Crippen molar-refractivity contribution in [3.63, 3.8) is 0 Å². The van der Waals surface area contributed by atoms with Gasteiger partial charge in [-0.15, -0.1) is 0 Å². The second-order valence-corrected chi connectivity index (χ2v) is 4.23. The van der Waals surface area contributed by atoms with E-state index in [1.54, 1.807) is 38.4 Å². The van der Waals surface area contributed by atoms with Crippen molar-refractivity contribution in [3.8, 4) is 0 Å². The lowest BCUT2D eigenvalue weighted by atomic mass is 10.1. The zero-order valence-corrected chi connectivity index (χ0v) is 11.4. The molecule has 6 nitrogen and oxygen atoms in total. The summed E-state index contributed by atoms with van der Waals surface area (Å²) in [7, 11) is 3.35. The maximum Gasteiger partial charge on any atom is 0.318 e. The van der Waals surface area contributed by atoms with Crippen molar-refractivity contribution >= 4 is 23.3 Å². The summed E-state index contributed by atoms with van der Waals surface area (Å²) >= 11 is 0. The molecule has 1 rings (SSSR count). The average Bonchev–Trinajstić information content (AvgIpc) is 2.39. The lowest BCUT2D eigenvalue weighted by molar-refractivity contribution is -0.119. The average molecular weight is 264 g/mol. The normalized spacial score (nSPS) is 11.5. The maximum atomic E-state index is 11.8. The summed E-state index contributed by atoms with van der Waals surface area (Å²) in [5.41, 5.74) is 1.28. The summed E-state index contributed by atoms with van der Waals surface area (Å²) in [5, 5.41) is 10.9. The zero-order valence-electron chi connectivity index (χ0n) is 11.4. The molecule has 0 heterocycles. The summed E-state index contributed by atoms with van der Waals surface area (Å²) in [4.78, 5) is 23.0. The van der Waals surface area contributed by atoms with Gasteiger partial charge < -0.3 is 21.3 Å². The van der Waals surface area contributed by atoms with E-state index in [1.165, 1.54) is 0 Å². The monoisotopic (exact) mass is 264 g/mol. The molecule has 0 saturated carbocycles. The second kappa shape index (κ2) is 7.38. The molecule has 0 aromatic heterocycles. The fourth-order valence-electron chi connectivity index (χ4n) is 1.53. The molecule has 1 atom stereocenters. The van der Waals surface area contributed by atoms with Crippen LogP contribution in [-0.4, -0.2) is 32.6 Å². The fourth-order valence-corrected chi connectivity index (χ4v) is 1.53. The van der Waals surface area contributed by atoms with Crippen LogP contribution in [0.2, 0.25) is 0 Å². The highest BCUT2D eigenvalue weighted by Gasteiger charge is 2.12. The van der Waals surface area contributed by atoms with Gasteiger partial charge in [-0.1, -0.05) is 13.0 Å². The molecule has 6 heteroatoms. The van der Waals surface area contributed by atoms with Crippen LogP contribution in [0.15, 0.2) is 24.3 Å². The first-order chi connectivity index (χ1) is 9.06. The van der Waals surface area contributed by atoms with Gasteiger partial charge in [-0.2, -0.15) is 0 Å². The van der Waals surface area contributed by atoms with E-state index in [4.69, 9.17) is 0 Å². The molecular formula is C13H20N4O2. The third kappa shape index (κ3) is 4.97. The topological polar surface area (TPSA) is 82.3 Å². The van der Waals surface area contributed by atoms with Gasteiger partial charge in [0.1, 0.15) is 0 Å². The van der Waals surface area contributed by atoms with Crippen molar-refractivity contribution in [1.82, 2.24) is 10.6 Å². The van der Waals surface area contributed by atoms with E-state index >= 15 is 0 Å². The number of hydrogen-bond acceptors (Lipinski definition) is 3. The summed E-state index contributed by atoms with van der Waals surface area (Å²) in [6.45, 7) is 2.46. The molecule has 0 aliphatic carbocycles. The van der Waals surface area contributed by atoms with E-state index < -0.39 is 0 Å². The SMILES string of the molecule is CNCC(C)C(=O)Nc1cccc(NC(=O)NC)c1. The largest absolute Gasteiger partial charge is 0.341 e. The van der Waals surface area contributed by atoms with Gasteiger partial charge in [-0.25, -0.2) is 4.79 Å². The van der Waals surface area contributed by atoms with Crippen LogP contribution in [0.5, 0.6) is 0 Å². The van der Waals surface area contributed by atoms with E-state index in [1.807, 2.05) is 6.92 Å². The van der Waals surface area contributed by atoms with Gasteiger partial charge in [-0.3, -0.25) is 4.79 Å². The molecule has 19 heavy (non-hydrogen) atoms. The Labute approximate surface area is 113 Å². The van der Waals surface area contributed by atoms with Crippen molar-refractivity contribution in [3.05, 3.63) is 24.3 Å². The molecule has 0 bridgehead atoms. The Bertz CT molecular complexity index is 448. The van der Waals surface area contributed by atoms with Crippen LogP contribution in [0.1, 0.15) is 6.92 Å². The third-order valence-electron chi connectivity index (χ3n) is 2.57. The van der Waals surface area contributed by atoms with Crippen molar-refractivity contribution < 1.29 is 9.59 Å². The lowest BCUT2D eigenvalue weighted by Gasteiger charge is -2.12. The van der Waals surface area contributed by atoms with Crippen molar-refractivity contribution in [2.45, 2.75) is 6.92 Å². The van der Waals surface area contributed by atoms with Crippen LogP contribution in [0, 0.1) is 5.92 Å². The minimum absolute atomic E-state index is 0.0635. The van der Waals surface area contributed by atoms with E-state index in [2.05, 4.69) is 21.3 Å². The number of hydrogen-bond donors (Lipinski definition) is 4. The Morgan fingerprint density at radius 2 is 1.79 bits per heavy atom. The molecule has 0 saturated heterocycles. The van der Waals surface area contributed by atoms with E-state index in [-0.39, 0.29) is 17.9 Å². The fraction of sp³-hybridized carbons (Fsp3) is 0.385. The standard InChI is InChI=1S/C13H20N4O2/c1-9(8-14-2)12(18)16-10-5-4-6-11(7-10)17-13(19)15-3/h4-7,9,14H,8H2,1-3H3,(H,16,18)(H2,15,17,19). The quantitative estimate of drug-likeness (QED) is 0.645. The smallest absolute Gasteiger partial charge is 0.318 e. The molecular weight excluding hydrogens is 244 g/mol. The van der Waals surface area contributed by atoms with Gasteiger partial charge in [0.05, 0.1) is 0 Å². The Kier molecular flexibility index (Phi) is 5.81. The molecule has 1 unspecified atom stereocenters. The summed E-state index contributed by atoms with van der Waals surface area (Å²) in [6, 6.07) is 6.70. The summed E-state index contributed by atoms with van der Waals surface area (Å²) in [6.07, 6.45) is 0. The molecule has 104 valence electrons. The predicted octanol–water partition coefficient (Wildman–Crippen LogP) is 1.23. The van der Waals surface area contributed by atoms with Crippen LogP contribution in [0.3, 0.4) is 0 Å². The highest BCUT2D eigenvalue weighted by molar-refractivity contribution is 5.94. The van der Waals surface area contributed by atoms with E-state index in [0.29, 0.717) is 17.9 Å². The number of rotatable bonds is 5. The minimum Gasteiger partial charge on any atom is -0.341 e. The van der Waals surface area contributed by atoms with Crippen molar-refractivity contribution in [2.24, 2.45) is 5.92 Å². The van der Waals surface area contributed by atoms with Gasteiger partial charge in [-0.05, 0) is 25.2 Å². The molecule has 4 N–H and O–H groups in total. The van der Waals surface area contributed by atoms with Crippen molar-refractivity contribution in [1.29, 1.82) is 0 Å². The van der Waals surface area contributed by atoms with Crippen LogP contribution < -0.4 is 21.3 Å². The summed E-state index contributed by atoms with van der Waals surface area (Å²) in [5.74, 6) is -0.188. The minimum atomic E-state index is -0.299. The van der Waals surface area contributed by atoms with Crippen LogP contribution in [0.4, 0.5) is 16.2 Å². The number of carbonyl (C=O) groups is 2. The summed E-state index contributed by atoms with van der Waals surface area (Å²) < 4.78 is 0. The number of benzene rings is 1. The van der Waals surface area contributed by atoms with Crippen molar-refractivity contribution in [2.75, 3.05) is 31.3 Å². The van der Waals surface area contributed by atoms with Crippen LogP contribution in [0.25, 0.3) is 0 Å². The number of carbonyl (C=O) groups excluding carboxylic acids is 2. The highest BCUT2D eigenvalue weighted by atomic mass is 16.2. The van der Waals surface area contributed by atoms with Gasteiger partial charge in [0.25, 0.3) is 0 Å². The Hall–Kier alpha value is -2.08. The van der Waals surface area contributed by atoms with Gasteiger partial charge >= 0.3 is 6.03 Å². The van der Waals surface area contributed by atoms with E-state index in [0.717, 1.165) is 0 Å². The number of nitrogens with one attached hydrogen (secondary N) is 4. The van der Waals surface area contributed by atoms with Crippen LogP contribution >= 0.6 is 0 Å². The molecule has 0 fully saturated rings. The zero-order chi connectivity index (χ0) is 14.3. The van der Waals surface area contributed by atoms with Gasteiger partial charge in [0.2, 0.25) is 5.91 Å². The lowest BCUT2D eigenvalue weighted by Crippen LogP contribution is -2.28. The first kappa shape index (κ1) is 15.0. The number of amides is 3. The van der Waals surface area contributed by atoms with E-state index in [9.17, 15) is 9.59 Å². The van der Waals surface area contributed by atoms with Gasteiger partial charge in [0.15, 0.2) is 0 Å². The predicted molar refractivity (Wildman–Crippen MR) is 76.2 cm³/mol. The maximum absolute atomic E-state index is 11.8. The molecule has 1 aromatic carbocycles. The Balaban J connectivity index is 2.66. The van der Waals surface area contributed by atoms with Gasteiger partial charge in [0, 0.05) is 30.9 Å². The third-order valence-corrected chi connectivity index (χ3v) is 2.57. The Morgan fingerprint density at radius 3 is 2.37 bits per heavy atom. The molecule has 0 aliphatic heterocycles. The first-order valence-corrected chi connectivity index (χ1v) is 6.11. The highest BCUT2D eigenvalue weighted by Crippen LogP contribution is 2.15. The second-order valence-electron chi connectivity index (χ2n) is 4.23. The molecule has 1 aromatic rings. The molecule has 0 aliphatic rings. The molecule has 3 amide bonds. The first-order valence-electron chi connectivity index (χ1n) is 6.11. The Morgan fingerprint density at radius 1 is 1.16 bits per heavy atom. The number of urea groups is 1. The molecule has 0 radical (unpaired) electrons. The number of anilines is 2. The van der Waals surface area contributed by atoms with Crippen LogP contribution in [-0.2, 0) is 4.79 Å². The molecule has 0 spiro atoms.